The van der Waals surface area contributed by atoms with Gasteiger partial charge in [-0.15, -0.1) is 11.3 Å². The maximum absolute atomic E-state index is 10.9. The highest BCUT2D eigenvalue weighted by molar-refractivity contribution is 9.10. The summed E-state index contributed by atoms with van der Waals surface area (Å²) in [5.41, 5.74) is 1.41. The molecule has 0 saturated heterocycles. The van der Waals surface area contributed by atoms with Gasteiger partial charge < -0.3 is 9.52 Å². The molecule has 7 heteroatoms. The lowest BCUT2D eigenvalue weighted by molar-refractivity contribution is 0.0697. The van der Waals surface area contributed by atoms with Gasteiger partial charge in [0.1, 0.15) is 10.7 Å². The number of hydrogen-bond donors (Lipinski definition) is 1. The lowest BCUT2D eigenvalue weighted by Crippen LogP contribution is -1.97. The first-order valence-electron chi connectivity index (χ1n) is 5.54. The van der Waals surface area contributed by atoms with E-state index in [9.17, 15) is 4.79 Å². The van der Waals surface area contributed by atoms with Gasteiger partial charge in [-0.2, -0.15) is 0 Å². The largest absolute Gasteiger partial charge is 0.478 e. The number of nitrogens with zero attached hydrogens (tertiary/aromatic N) is 2. The van der Waals surface area contributed by atoms with Crippen molar-refractivity contribution in [1.82, 2.24) is 9.97 Å². The first-order chi connectivity index (χ1) is 9.63. The van der Waals surface area contributed by atoms with Crippen molar-refractivity contribution in [3.63, 3.8) is 0 Å². The Kier molecular flexibility index (Phi) is 3.37. The monoisotopic (exact) mass is 350 g/mol. The van der Waals surface area contributed by atoms with E-state index in [2.05, 4.69) is 25.9 Å². The second kappa shape index (κ2) is 5.18. The summed E-state index contributed by atoms with van der Waals surface area (Å²) in [5, 5.41) is 11.5. The molecule has 0 radical (unpaired) electrons. The highest BCUT2D eigenvalue weighted by Gasteiger charge is 2.12. The van der Waals surface area contributed by atoms with E-state index < -0.39 is 5.97 Å². The molecule has 0 saturated carbocycles. The number of furan rings is 1. The van der Waals surface area contributed by atoms with Crippen molar-refractivity contribution in [2.75, 3.05) is 0 Å². The predicted octanol–water partition coefficient (Wildman–Crippen LogP) is 3.93. The lowest BCUT2D eigenvalue weighted by atomic mass is 10.2. The summed E-state index contributed by atoms with van der Waals surface area (Å²) in [7, 11) is 0. The molecular formula is C13H7BrN2O3S. The highest BCUT2D eigenvalue weighted by Crippen LogP contribution is 2.30. The molecule has 100 valence electrons. The van der Waals surface area contributed by atoms with Crippen LogP contribution in [0.4, 0.5) is 0 Å². The van der Waals surface area contributed by atoms with Crippen molar-refractivity contribution in [2.24, 2.45) is 0 Å². The Hall–Kier alpha value is -1.99. The molecule has 3 rings (SSSR count). The van der Waals surface area contributed by atoms with Crippen molar-refractivity contribution >= 4 is 33.2 Å². The Bertz CT molecular complexity index is 781. The van der Waals surface area contributed by atoms with Crippen LogP contribution in [0.1, 0.15) is 10.4 Å². The number of rotatable bonds is 3. The minimum absolute atomic E-state index is 0.187. The van der Waals surface area contributed by atoms with E-state index in [0.29, 0.717) is 26.8 Å². The van der Waals surface area contributed by atoms with E-state index in [1.807, 2.05) is 11.4 Å². The van der Waals surface area contributed by atoms with Gasteiger partial charge in [0.2, 0.25) is 0 Å². The van der Waals surface area contributed by atoms with Crippen molar-refractivity contribution in [1.29, 1.82) is 0 Å². The number of halogens is 1. The van der Waals surface area contributed by atoms with E-state index in [1.165, 1.54) is 29.7 Å². The van der Waals surface area contributed by atoms with Crippen molar-refractivity contribution in [2.45, 2.75) is 0 Å². The summed E-state index contributed by atoms with van der Waals surface area (Å²) in [6.45, 7) is 0. The molecule has 0 aliphatic rings. The van der Waals surface area contributed by atoms with Gasteiger partial charge in [0, 0.05) is 11.6 Å². The zero-order valence-corrected chi connectivity index (χ0v) is 12.3. The minimum atomic E-state index is -0.986. The normalized spacial score (nSPS) is 10.7. The number of aromatic nitrogens is 2. The van der Waals surface area contributed by atoms with Crippen molar-refractivity contribution in [3.8, 4) is 22.2 Å². The average molecular weight is 351 g/mol. The zero-order valence-electron chi connectivity index (χ0n) is 9.91. The van der Waals surface area contributed by atoms with Crippen molar-refractivity contribution in [3.05, 3.63) is 46.1 Å². The van der Waals surface area contributed by atoms with Crippen LogP contribution in [-0.2, 0) is 0 Å². The molecule has 0 bridgehead atoms. The van der Waals surface area contributed by atoms with Crippen LogP contribution in [0.2, 0.25) is 0 Å². The first-order valence-corrected chi connectivity index (χ1v) is 7.22. The van der Waals surface area contributed by atoms with Crippen LogP contribution < -0.4 is 0 Å². The second-order valence-electron chi connectivity index (χ2n) is 3.88. The molecule has 0 aliphatic heterocycles. The topological polar surface area (TPSA) is 76.2 Å². The standard InChI is InChI=1S/C13H7BrN2O3S/c14-11-2-1-10(19-11)9-6-20-12(16-9)8-5-7(13(17)18)3-4-15-8/h1-6H,(H,17,18). The molecule has 0 amide bonds. The van der Waals surface area contributed by atoms with Gasteiger partial charge >= 0.3 is 5.97 Å². The molecule has 0 atom stereocenters. The fourth-order valence-corrected chi connectivity index (χ4v) is 2.72. The van der Waals surface area contributed by atoms with Crippen LogP contribution in [0.15, 0.2) is 44.9 Å². The fourth-order valence-electron chi connectivity index (χ4n) is 1.64. The van der Waals surface area contributed by atoms with Gasteiger partial charge in [0.25, 0.3) is 0 Å². The Balaban J connectivity index is 1.98. The van der Waals surface area contributed by atoms with E-state index in [4.69, 9.17) is 9.52 Å². The molecule has 0 unspecified atom stereocenters. The summed E-state index contributed by atoms with van der Waals surface area (Å²) in [5.74, 6) is -0.339. The Morgan fingerprint density at radius 3 is 2.85 bits per heavy atom. The number of carbonyl (C=O) groups is 1. The second-order valence-corrected chi connectivity index (χ2v) is 5.52. The predicted molar refractivity (Wildman–Crippen MR) is 77.7 cm³/mol. The molecule has 3 heterocycles. The van der Waals surface area contributed by atoms with Gasteiger partial charge in [-0.1, -0.05) is 0 Å². The van der Waals surface area contributed by atoms with Gasteiger partial charge in [-0.05, 0) is 40.2 Å². The third-order valence-electron chi connectivity index (χ3n) is 2.56. The quantitative estimate of drug-likeness (QED) is 0.774. The minimum Gasteiger partial charge on any atom is -0.478 e. The highest BCUT2D eigenvalue weighted by atomic mass is 79.9. The van der Waals surface area contributed by atoms with Gasteiger partial charge in [0.15, 0.2) is 10.4 Å². The van der Waals surface area contributed by atoms with Crippen LogP contribution in [0.3, 0.4) is 0 Å². The number of carboxylic acid groups (broad SMARTS) is 1. The Morgan fingerprint density at radius 1 is 1.30 bits per heavy atom. The van der Waals surface area contributed by atoms with Gasteiger partial charge in [0.05, 0.1) is 11.3 Å². The zero-order chi connectivity index (χ0) is 14.1. The maximum atomic E-state index is 10.9. The fraction of sp³-hybridized carbons (Fsp3) is 0. The average Bonchev–Trinajstić information content (AvgIpc) is 3.07. The van der Waals surface area contributed by atoms with E-state index in [1.54, 1.807) is 6.07 Å². The molecule has 3 aromatic rings. The number of hydrogen-bond acceptors (Lipinski definition) is 5. The Labute approximate surface area is 126 Å². The molecule has 0 aromatic carbocycles. The third-order valence-corrected chi connectivity index (χ3v) is 3.85. The smallest absolute Gasteiger partial charge is 0.335 e. The SMILES string of the molecule is O=C(O)c1ccnc(-c2nc(-c3ccc(Br)o3)cs2)c1. The number of thiazole rings is 1. The lowest BCUT2D eigenvalue weighted by Gasteiger charge is -1.97. The molecule has 3 aromatic heterocycles. The van der Waals surface area contributed by atoms with Crippen LogP contribution in [-0.4, -0.2) is 21.0 Å². The number of pyridine rings is 1. The van der Waals surface area contributed by atoms with Crippen molar-refractivity contribution < 1.29 is 14.3 Å². The number of aromatic carboxylic acids is 1. The summed E-state index contributed by atoms with van der Waals surface area (Å²) in [6.07, 6.45) is 1.46. The number of carboxylic acids is 1. The molecule has 1 N–H and O–H groups in total. The molecule has 0 aliphatic carbocycles. The van der Waals surface area contributed by atoms with E-state index in [-0.39, 0.29) is 5.56 Å². The van der Waals surface area contributed by atoms with E-state index >= 15 is 0 Å². The molecule has 0 spiro atoms. The summed E-state index contributed by atoms with van der Waals surface area (Å²) >= 11 is 4.62. The Morgan fingerprint density at radius 2 is 2.15 bits per heavy atom. The molecule has 0 fully saturated rings. The molecule has 20 heavy (non-hydrogen) atoms. The first kappa shape index (κ1) is 13.0. The summed E-state index contributed by atoms with van der Waals surface area (Å²) < 4.78 is 6.06. The summed E-state index contributed by atoms with van der Waals surface area (Å²) in [6, 6.07) is 6.55. The molecule has 5 nitrogen and oxygen atoms in total. The van der Waals surface area contributed by atoms with Crippen LogP contribution in [0.25, 0.3) is 22.2 Å². The van der Waals surface area contributed by atoms with Gasteiger partial charge in [-0.3, -0.25) is 4.98 Å². The molecular weight excluding hydrogens is 344 g/mol. The van der Waals surface area contributed by atoms with E-state index in [0.717, 1.165) is 0 Å². The summed E-state index contributed by atoms with van der Waals surface area (Å²) in [4.78, 5) is 19.5. The third kappa shape index (κ3) is 2.50. The van der Waals surface area contributed by atoms with Crippen LogP contribution in [0.5, 0.6) is 0 Å². The van der Waals surface area contributed by atoms with Gasteiger partial charge in [-0.25, -0.2) is 9.78 Å². The maximum Gasteiger partial charge on any atom is 0.335 e. The van der Waals surface area contributed by atoms with Crippen LogP contribution in [0, 0.1) is 0 Å². The van der Waals surface area contributed by atoms with Crippen LogP contribution >= 0.6 is 27.3 Å².